The van der Waals surface area contributed by atoms with Gasteiger partial charge in [-0.05, 0) is 49.3 Å². The quantitative estimate of drug-likeness (QED) is 0.845. The summed E-state index contributed by atoms with van der Waals surface area (Å²) in [4.78, 5) is 0. The van der Waals surface area contributed by atoms with Gasteiger partial charge in [-0.15, -0.1) is 0 Å². The van der Waals surface area contributed by atoms with Gasteiger partial charge >= 0.3 is 0 Å². The fourth-order valence-electron chi connectivity index (χ4n) is 2.94. The van der Waals surface area contributed by atoms with Crippen LogP contribution in [0.15, 0.2) is 24.3 Å². The van der Waals surface area contributed by atoms with Crippen LogP contribution in [0.1, 0.15) is 39.5 Å². The van der Waals surface area contributed by atoms with Crippen LogP contribution in [0.5, 0.6) is 0 Å². The van der Waals surface area contributed by atoms with Gasteiger partial charge in [0.15, 0.2) is 0 Å². The van der Waals surface area contributed by atoms with Gasteiger partial charge in [-0.2, -0.15) is 5.26 Å². The van der Waals surface area contributed by atoms with Gasteiger partial charge in [0.25, 0.3) is 0 Å². The fourth-order valence-corrected chi connectivity index (χ4v) is 3.13. The van der Waals surface area contributed by atoms with Crippen LogP contribution in [0, 0.1) is 16.7 Å². The number of rotatable bonds is 2. The van der Waals surface area contributed by atoms with Crippen molar-refractivity contribution in [3.63, 3.8) is 0 Å². The predicted octanol–water partition coefficient (Wildman–Crippen LogP) is 4.61. The molecule has 0 bridgehead atoms. The van der Waals surface area contributed by atoms with Crippen LogP contribution in [-0.2, 0) is 0 Å². The van der Waals surface area contributed by atoms with Crippen LogP contribution in [0.3, 0.4) is 0 Å². The summed E-state index contributed by atoms with van der Waals surface area (Å²) in [5.41, 5.74) is 0.702. The summed E-state index contributed by atoms with van der Waals surface area (Å²) in [5.74, 6) is 0. The maximum absolute atomic E-state index is 9.56. The lowest BCUT2D eigenvalue weighted by molar-refractivity contribution is 0.197. The number of hydrogen-bond donors (Lipinski definition) is 1. The van der Waals surface area contributed by atoms with Gasteiger partial charge in [0.1, 0.15) is 5.54 Å². The van der Waals surface area contributed by atoms with Crippen molar-refractivity contribution >= 4 is 17.3 Å². The molecule has 0 radical (unpaired) electrons. The molecule has 18 heavy (non-hydrogen) atoms. The third-order valence-corrected chi connectivity index (χ3v) is 3.89. The van der Waals surface area contributed by atoms with Crippen molar-refractivity contribution in [3.05, 3.63) is 29.3 Å². The van der Waals surface area contributed by atoms with E-state index in [1.165, 1.54) is 6.42 Å². The number of anilines is 1. The monoisotopic (exact) mass is 262 g/mol. The van der Waals surface area contributed by atoms with E-state index in [9.17, 15) is 5.26 Å². The second-order valence-corrected chi connectivity index (χ2v) is 6.46. The van der Waals surface area contributed by atoms with E-state index in [2.05, 4.69) is 25.2 Å². The third kappa shape index (κ3) is 2.97. The van der Waals surface area contributed by atoms with Crippen LogP contribution in [0.25, 0.3) is 0 Å². The minimum Gasteiger partial charge on any atom is -0.367 e. The molecule has 3 heteroatoms. The van der Waals surface area contributed by atoms with Crippen molar-refractivity contribution in [1.82, 2.24) is 0 Å². The lowest BCUT2D eigenvalue weighted by Gasteiger charge is -2.41. The molecule has 1 saturated carbocycles. The molecule has 0 heterocycles. The minimum absolute atomic E-state index is 0.222. The van der Waals surface area contributed by atoms with Crippen molar-refractivity contribution in [2.24, 2.45) is 5.41 Å². The molecule has 1 N–H and O–H groups in total. The molecule has 0 amide bonds. The zero-order chi connectivity index (χ0) is 13.2. The highest BCUT2D eigenvalue weighted by Crippen LogP contribution is 2.42. The summed E-state index contributed by atoms with van der Waals surface area (Å²) in [5, 5.41) is 13.7. The molecule has 1 atom stereocenters. The van der Waals surface area contributed by atoms with Crippen LogP contribution in [0.2, 0.25) is 5.02 Å². The summed E-state index contributed by atoms with van der Waals surface area (Å²) < 4.78 is 0. The third-order valence-electron chi connectivity index (χ3n) is 3.66. The molecular formula is C15H19ClN2. The van der Waals surface area contributed by atoms with Gasteiger partial charge in [-0.1, -0.05) is 31.5 Å². The highest BCUT2D eigenvalue weighted by molar-refractivity contribution is 6.30. The van der Waals surface area contributed by atoms with Gasteiger partial charge in [-0.3, -0.25) is 0 Å². The lowest BCUT2D eigenvalue weighted by atomic mass is 9.68. The Morgan fingerprint density at radius 1 is 1.33 bits per heavy atom. The Morgan fingerprint density at radius 2 is 2.11 bits per heavy atom. The molecule has 1 aliphatic rings. The maximum Gasteiger partial charge on any atom is 0.125 e. The molecule has 0 aliphatic heterocycles. The molecule has 0 saturated heterocycles. The van der Waals surface area contributed by atoms with Gasteiger partial charge in [0.2, 0.25) is 0 Å². The first-order valence-electron chi connectivity index (χ1n) is 6.40. The Hall–Kier alpha value is -1.20. The molecule has 1 aliphatic carbocycles. The number of benzene rings is 1. The van der Waals surface area contributed by atoms with E-state index in [1.54, 1.807) is 0 Å². The Labute approximate surface area is 114 Å². The highest BCUT2D eigenvalue weighted by Gasteiger charge is 2.40. The topological polar surface area (TPSA) is 35.8 Å². The second-order valence-electron chi connectivity index (χ2n) is 6.02. The SMILES string of the molecule is CC1(C)CCCC(C#N)(Nc2cccc(Cl)c2)C1. The molecule has 96 valence electrons. The molecule has 2 rings (SSSR count). The molecule has 2 nitrogen and oxygen atoms in total. The number of nitrogens with one attached hydrogen (secondary N) is 1. The molecular weight excluding hydrogens is 244 g/mol. The second kappa shape index (κ2) is 4.82. The highest BCUT2D eigenvalue weighted by atomic mass is 35.5. The molecule has 1 aromatic rings. The lowest BCUT2D eigenvalue weighted by Crippen LogP contribution is -2.44. The van der Waals surface area contributed by atoms with E-state index in [0.717, 1.165) is 24.9 Å². The zero-order valence-corrected chi connectivity index (χ0v) is 11.7. The zero-order valence-electron chi connectivity index (χ0n) is 11.0. The van der Waals surface area contributed by atoms with E-state index in [-0.39, 0.29) is 5.41 Å². The average molecular weight is 263 g/mol. The predicted molar refractivity (Wildman–Crippen MR) is 75.7 cm³/mol. The fraction of sp³-hybridized carbons (Fsp3) is 0.533. The summed E-state index contributed by atoms with van der Waals surface area (Å²) in [6.45, 7) is 4.47. The van der Waals surface area contributed by atoms with E-state index in [4.69, 9.17) is 11.6 Å². The summed E-state index contributed by atoms with van der Waals surface area (Å²) >= 11 is 5.98. The van der Waals surface area contributed by atoms with Gasteiger partial charge < -0.3 is 5.32 Å². The van der Waals surface area contributed by atoms with Gasteiger partial charge in [-0.25, -0.2) is 0 Å². The van der Waals surface area contributed by atoms with E-state index >= 15 is 0 Å². The van der Waals surface area contributed by atoms with Gasteiger partial charge in [0.05, 0.1) is 6.07 Å². The van der Waals surface area contributed by atoms with Crippen molar-refractivity contribution in [2.45, 2.75) is 45.1 Å². The maximum atomic E-state index is 9.56. The largest absolute Gasteiger partial charge is 0.367 e. The summed E-state index contributed by atoms with van der Waals surface area (Å²) in [6.07, 6.45) is 4.06. The normalized spacial score (nSPS) is 26.3. The first kappa shape index (κ1) is 13.2. The first-order chi connectivity index (χ1) is 8.45. The molecule has 0 aromatic heterocycles. The van der Waals surface area contributed by atoms with Crippen LogP contribution in [0.4, 0.5) is 5.69 Å². The van der Waals surface area contributed by atoms with Gasteiger partial charge in [0, 0.05) is 10.7 Å². The Bertz CT molecular complexity index is 476. The number of nitriles is 1. The van der Waals surface area contributed by atoms with E-state index in [0.29, 0.717) is 5.02 Å². The Kier molecular flexibility index (Phi) is 3.54. The van der Waals surface area contributed by atoms with Crippen molar-refractivity contribution in [2.75, 3.05) is 5.32 Å². The number of nitrogens with zero attached hydrogens (tertiary/aromatic N) is 1. The Balaban J connectivity index is 2.21. The van der Waals surface area contributed by atoms with Crippen LogP contribution in [-0.4, -0.2) is 5.54 Å². The molecule has 0 spiro atoms. The first-order valence-corrected chi connectivity index (χ1v) is 6.78. The molecule has 1 aromatic carbocycles. The average Bonchev–Trinajstić information content (AvgIpc) is 2.27. The standard InChI is InChI=1S/C15H19ClN2/c1-14(2)7-4-8-15(10-14,11-17)18-13-6-3-5-12(16)9-13/h3,5-6,9,18H,4,7-8,10H2,1-2H3. The summed E-state index contributed by atoms with van der Waals surface area (Å²) in [6, 6.07) is 10.1. The van der Waals surface area contributed by atoms with Crippen LogP contribution >= 0.6 is 11.6 Å². The summed E-state index contributed by atoms with van der Waals surface area (Å²) in [7, 11) is 0. The van der Waals surface area contributed by atoms with Crippen molar-refractivity contribution < 1.29 is 0 Å². The smallest absolute Gasteiger partial charge is 0.125 e. The minimum atomic E-state index is -0.452. The molecule has 1 fully saturated rings. The van der Waals surface area contributed by atoms with Crippen molar-refractivity contribution in [3.8, 4) is 6.07 Å². The number of halogens is 1. The molecule has 1 unspecified atom stereocenters. The van der Waals surface area contributed by atoms with Crippen LogP contribution < -0.4 is 5.32 Å². The Morgan fingerprint density at radius 3 is 2.72 bits per heavy atom. The number of hydrogen-bond acceptors (Lipinski definition) is 2. The van der Waals surface area contributed by atoms with E-state index in [1.807, 2.05) is 24.3 Å². The van der Waals surface area contributed by atoms with Crippen molar-refractivity contribution in [1.29, 1.82) is 5.26 Å². The van der Waals surface area contributed by atoms with E-state index < -0.39 is 5.54 Å².